The molecule has 0 N–H and O–H groups in total. The third kappa shape index (κ3) is 38.2. The average molecular weight is 1090 g/mol. The van der Waals surface area contributed by atoms with Crippen LogP contribution in [0.15, 0.2) is 60.7 Å². The number of ketones is 1. The first kappa shape index (κ1) is 70.0. The van der Waals surface area contributed by atoms with E-state index in [0.717, 1.165) is 59.6 Å². The van der Waals surface area contributed by atoms with E-state index in [0.29, 0.717) is 19.8 Å². The largest absolute Gasteiger partial charge is 0.490 e. The second kappa shape index (κ2) is 51.6. The fraction of sp³-hybridized carbons (Fsp3) is 0.747. The van der Waals surface area contributed by atoms with Crippen LogP contribution in [0.25, 0.3) is 11.1 Å². The van der Waals surface area contributed by atoms with Gasteiger partial charge in [0.05, 0.1) is 19.8 Å². The molecule has 0 saturated heterocycles. The Kier molecular flexibility index (Phi) is 45.7. The van der Waals surface area contributed by atoms with Gasteiger partial charge in [-0.3, -0.25) is 4.79 Å². The molecule has 0 aliphatic rings. The lowest BCUT2D eigenvalue weighted by atomic mass is 9.99. The third-order valence-corrected chi connectivity index (χ3v) is 16.8. The van der Waals surface area contributed by atoms with E-state index in [1.807, 2.05) is 12.1 Å². The minimum Gasteiger partial charge on any atom is -0.490 e. The number of hydrogen-bond donors (Lipinski definition) is 0. The smallest absolute Gasteiger partial charge is 0.203 e. The molecule has 0 saturated carbocycles. The van der Waals surface area contributed by atoms with Gasteiger partial charge in [0.2, 0.25) is 5.75 Å². The van der Waals surface area contributed by atoms with Crippen molar-refractivity contribution in [2.75, 3.05) is 19.8 Å². The normalized spacial score (nSPS) is 11.4. The highest BCUT2D eigenvalue weighted by Crippen LogP contribution is 2.40. The van der Waals surface area contributed by atoms with E-state index < -0.39 is 0 Å². The summed E-state index contributed by atoms with van der Waals surface area (Å²) in [7, 11) is 0. The lowest BCUT2D eigenvalue weighted by molar-refractivity contribution is 0.101. The average Bonchev–Trinajstić information content (AvgIpc) is 3.47. The highest BCUT2D eigenvalue weighted by molar-refractivity contribution is 5.94. The maximum atomic E-state index is 11.9. The molecule has 3 aromatic rings. The van der Waals surface area contributed by atoms with Crippen LogP contribution in [0.5, 0.6) is 17.2 Å². The van der Waals surface area contributed by atoms with Crippen molar-refractivity contribution < 1.29 is 19.0 Å². The Balaban J connectivity index is 1.56. The lowest BCUT2D eigenvalue weighted by Gasteiger charge is -2.19. The van der Waals surface area contributed by atoms with Crippen LogP contribution in [-0.4, -0.2) is 25.6 Å². The van der Waals surface area contributed by atoms with Gasteiger partial charge in [0.1, 0.15) is 0 Å². The van der Waals surface area contributed by atoms with Crippen LogP contribution in [-0.2, 0) is 6.42 Å². The molecule has 79 heavy (non-hydrogen) atoms. The second-order valence-electron chi connectivity index (χ2n) is 24.4. The first-order valence-corrected chi connectivity index (χ1v) is 34.8. The maximum Gasteiger partial charge on any atom is 0.203 e. The van der Waals surface area contributed by atoms with Crippen LogP contribution in [0.2, 0.25) is 0 Å². The minimum absolute atomic E-state index is 0.0975. The predicted octanol–water partition coefficient (Wildman–Crippen LogP) is 25.1. The van der Waals surface area contributed by atoms with Crippen LogP contribution in [0.3, 0.4) is 0 Å². The van der Waals surface area contributed by atoms with Crippen molar-refractivity contribution in [3.05, 3.63) is 77.4 Å². The number of unbranched alkanes of at least 4 members (excludes halogenated alkanes) is 45. The van der Waals surface area contributed by atoms with Crippen LogP contribution in [0.1, 0.15) is 357 Å². The summed E-state index contributed by atoms with van der Waals surface area (Å²) in [6.45, 7) is 10.6. The molecule has 0 spiro atoms. The fourth-order valence-corrected chi connectivity index (χ4v) is 11.5. The number of benzene rings is 3. The van der Waals surface area contributed by atoms with Crippen molar-refractivity contribution in [2.24, 2.45) is 0 Å². The Morgan fingerprint density at radius 1 is 0.291 bits per heavy atom. The van der Waals surface area contributed by atoms with Crippen molar-refractivity contribution in [1.82, 2.24) is 0 Å². The quantitative estimate of drug-likeness (QED) is 0.0417. The van der Waals surface area contributed by atoms with Gasteiger partial charge in [-0.1, -0.05) is 358 Å². The van der Waals surface area contributed by atoms with Crippen LogP contribution >= 0.6 is 0 Å². The van der Waals surface area contributed by atoms with Crippen molar-refractivity contribution in [2.45, 2.75) is 342 Å². The van der Waals surface area contributed by atoms with Crippen LogP contribution in [0.4, 0.5) is 0 Å². The van der Waals surface area contributed by atoms with Gasteiger partial charge in [0.25, 0.3) is 0 Å². The number of carbonyl (C=O) groups is 1. The molecule has 4 nitrogen and oxygen atoms in total. The maximum absolute atomic E-state index is 11.9. The molecule has 0 aliphatic carbocycles. The third-order valence-electron chi connectivity index (χ3n) is 16.8. The number of carbonyl (C=O) groups excluding carboxylic acids is 1. The predicted molar refractivity (Wildman–Crippen MR) is 346 cm³/mol. The summed E-state index contributed by atoms with van der Waals surface area (Å²) in [6.07, 6.45) is 66.2. The Labute approximate surface area is 490 Å². The summed E-state index contributed by atoms with van der Waals surface area (Å²) in [5, 5.41) is 0. The standard InChI is InChI=1S/C75H126O4/c1-5-8-11-14-17-20-23-26-29-32-35-38-41-44-47-50-61-77-73-65-69(64-68-53-55-71(56-54-68)72-59-57-70(58-60-72)67(4)76)66-74(78-62-51-48-45-42-39-36-33-30-27-24-21-18-15-12-9-6-2)75(73)79-63-52-49-46-43-40-37-34-31-28-25-22-19-16-13-10-7-3/h53-60,65-66H,5-52,61-64H2,1-4H3. The number of hydrogen-bond acceptors (Lipinski definition) is 4. The molecule has 0 atom stereocenters. The van der Waals surface area contributed by atoms with E-state index >= 15 is 0 Å². The Morgan fingerprint density at radius 2 is 0.532 bits per heavy atom. The molecule has 0 radical (unpaired) electrons. The molecule has 4 heteroatoms. The van der Waals surface area contributed by atoms with Crippen molar-refractivity contribution in [3.63, 3.8) is 0 Å². The monoisotopic (exact) mass is 1090 g/mol. The molecule has 0 fully saturated rings. The lowest BCUT2D eigenvalue weighted by Crippen LogP contribution is -2.07. The zero-order chi connectivity index (χ0) is 56.2. The van der Waals surface area contributed by atoms with Crippen molar-refractivity contribution >= 4 is 5.78 Å². The SMILES string of the molecule is CCCCCCCCCCCCCCCCCCOc1cc(Cc2ccc(-c3ccc(C(C)=O)cc3)cc2)cc(OCCCCCCCCCCCCCCCCCC)c1OCCCCCCCCCCCCCCCCCC. The van der Waals surface area contributed by atoms with E-state index in [4.69, 9.17) is 14.2 Å². The molecule has 0 heterocycles. The summed E-state index contributed by atoms with van der Waals surface area (Å²) in [6, 6.07) is 21.3. The zero-order valence-electron chi connectivity index (χ0n) is 52.7. The molecule has 3 rings (SSSR count). The molecule has 0 amide bonds. The molecule has 450 valence electrons. The first-order chi connectivity index (χ1) is 39.0. The molecule has 0 unspecified atom stereocenters. The molecule has 0 bridgehead atoms. The van der Waals surface area contributed by atoms with Gasteiger partial charge >= 0.3 is 0 Å². The van der Waals surface area contributed by atoms with Gasteiger partial charge in [-0.05, 0) is 67.0 Å². The van der Waals surface area contributed by atoms with Gasteiger partial charge in [-0.15, -0.1) is 0 Å². The fourth-order valence-electron chi connectivity index (χ4n) is 11.5. The van der Waals surface area contributed by atoms with Gasteiger partial charge < -0.3 is 14.2 Å². The minimum atomic E-state index is 0.0975. The first-order valence-electron chi connectivity index (χ1n) is 34.8. The summed E-state index contributed by atoms with van der Waals surface area (Å²) in [5.41, 5.74) is 5.47. The van der Waals surface area contributed by atoms with E-state index in [-0.39, 0.29) is 5.78 Å². The summed E-state index contributed by atoms with van der Waals surface area (Å²) < 4.78 is 20.3. The highest BCUT2D eigenvalue weighted by Gasteiger charge is 2.17. The van der Waals surface area contributed by atoms with Crippen LogP contribution < -0.4 is 14.2 Å². The Bertz CT molecular complexity index is 1740. The van der Waals surface area contributed by atoms with Crippen LogP contribution in [0, 0.1) is 0 Å². The summed E-state index contributed by atoms with van der Waals surface area (Å²) >= 11 is 0. The van der Waals surface area contributed by atoms with Crippen molar-refractivity contribution in [3.8, 4) is 28.4 Å². The summed E-state index contributed by atoms with van der Waals surface area (Å²) in [4.78, 5) is 11.9. The van der Waals surface area contributed by atoms with Gasteiger partial charge in [0.15, 0.2) is 17.3 Å². The molecular formula is C75H126O4. The van der Waals surface area contributed by atoms with Gasteiger partial charge in [-0.25, -0.2) is 0 Å². The Hall–Kier alpha value is -3.27. The van der Waals surface area contributed by atoms with E-state index in [1.54, 1.807) is 6.92 Å². The molecule has 0 aliphatic heterocycles. The summed E-state index contributed by atoms with van der Waals surface area (Å²) in [5.74, 6) is 2.60. The highest BCUT2D eigenvalue weighted by atomic mass is 16.5. The number of Topliss-reactive ketones (excluding diaryl/α,β-unsaturated/α-hetero) is 1. The van der Waals surface area contributed by atoms with E-state index in [2.05, 4.69) is 69.3 Å². The van der Waals surface area contributed by atoms with E-state index in [9.17, 15) is 4.79 Å². The molecule has 3 aromatic carbocycles. The number of ether oxygens (including phenoxy) is 3. The van der Waals surface area contributed by atoms with Gasteiger partial charge in [-0.2, -0.15) is 0 Å². The van der Waals surface area contributed by atoms with E-state index in [1.165, 1.54) is 300 Å². The molecule has 0 aromatic heterocycles. The number of rotatable bonds is 58. The second-order valence-corrected chi connectivity index (χ2v) is 24.4. The molecular weight excluding hydrogens is 965 g/mol. The topological polar surface area (TPSA) is 44.8 Å². The van der Waals surface area contributed by atoms with Gasteiger partial charge in [0, 0.05) is 5.56 Å². The van der Waals surface area contributed by atoms with Crippen molar-refractivity contribution in [1.29, 1.82) is 0 Å². The Morgan fingerprint density at radius 3 is 0.797 bits per heavy atom. The zero-order valence-corrected chi connectivity index (χ0v) is 52.7.